The molecule has 0 aromatic heterocycles. The highest BCUT2D eigenvalue weighted by molar-refractivity contribution is 5.78. The average molecular weight is 1450 g/mol. The lowest BCUT2D eigenvalue weighted by molar-refractivity contribution is -0.927. The van der Waals surface area contributed by atoms with E-state index in [1.54, 1.807) is 0 Å². The number of likely N-dealkylation sites (N-methyl/N-ethyl adjacent to an activating group) is 5. The molecule has 0 aromatic carbocycles. The van der Waals surface area contributed by atoms with E-state index in [1.807, 2.05) is 0 Å². The van der Waals surface area contributed by atoms with Crippen LogP contribution in [0.5, 0.6) is 0 Å². The first-order valence-corrected chi connectivity index (χ1v) is 44.4. The van der Waals surface area contributed by atoms with E-state index in [4.69, 9.17) is 23.7 Å². The molecule has 0 radical (unpaired) electrons. The van der Waals surface area contributed by atoms with Gasteiger partial charge in [0.25, 0.3) is 0 Å². The van der Waals surface area contributed by atoms with Crippen LogP contribution in [0.2, 0.25) is 0 Å². The lowest BCUT2D eigenvalue weighted by Gasteiger charge is -2.55. The third kappa shape index (κ3) is 22.9. The molecule has 103 heavy (non-hydrogen) atoms. The summed E-state index contributed by atoms with van der Waals surface area (Å²) in [6, 6.07) is 0. The lowest BCUT2D eigenvalue weighted by atomic mass is 9.49. The van der Waals surface area contributed by atoms with E-state index in [-0.39, 0.29) is 58.4 Å². The maximum atomic E-state index is 12.8. The Bertz CT molecular complexity index is 2500. The third-order valence-corrected chi connectivity index (χ3v) is 30.7. The monoisotopic (exact) mass is 1450 g/mol. The van der Waals surface area contributed by atoms with E-state index in [1.165, 1.54) is 155 Å². The van der Waals surface area contributed by atoms with Crippen molar-refractivity contribution in [2.45, 2.75) is 269 Å². The van der Waals surface area contributed by atoms with Crippen LogP contribution in [-0.4, -0.2) is 218 Å². The standard InChI is InChI=1S/C19H34NO2.C19H36NO2.C18H34NO2.C16H28NO2.C16H30NO2/c1-4-20(5-2,6-3)7-8-22-18(21)19-12-15-9-16(13-19)11-17(10-15)14-19;1-4-7-11-20(6-3,10-5-2)12-13-22-19(21)18-15-16-8-9-17(18)14-16;1-4-9-19(6-3,10-5-2)11-12-21-18(20)17-14-15-7-8-16(17)13-15;1-17(2,3)4-5-19-15(18)16-9-12-6-13(10-16)8-14(7-12)11-16;1-4-17(5-2,6-3)9-10-19-16(18)15-12-13-7-8-14(15)11-13/h15-17H,4-14H2,1-3H3;16-18H,4-15H2,1-3H3;15-17H,4-14H2,1-3H3;12-14H,4-11H2,1-3H3;13-15H,4-12H2,1-3H3/q5*+1. The van der Waals surface area contributed by atoms with Crippen molar-refractivity contribution in [3.8, 4) is 0 Å². The molecule has 14 aliphatic carbocycles. The predicted octanol–water partition coefficient (Wildman–Crippen LogP) is 16.6. The largest absolute Gasteiger partial charge is 0.459 e. The minimum Gasteiger partial charge on any atom is -0.459 e. The minimum absolute atomic E-state index is 0.0837. The number of hydrogen-bond acceptors (Lipinski definition) is 10. The van der Waals surface area contributed by atoms with Crippen LogP contribution in [0.15, 0.2) is 0 Å². The Morgan fingerprint density at radius 1 is 0.282 bits per heavy atom. The van der Waals surface area contributed by atoms with Gasteiger partial charge in [-0.25, -0.2) is 0 Å². The Morgan fingerprint density at radius 2 is 0.544 bits per heavy atom. The fourth-order valence-electron chi connectivity index (χ4n) is 24.5. The minimum atomic E-state index is -0.0882. The van der Waals surface area contributed by atoms with Gasteiger partial charge >= 0.3 is 29.8 Å². The molecule has 594 valence electrons. The average Bonchev–Trinajstić information content (AvgIpc) is 1.58. The molecule has 0 amide bonds. The van der Waals surface area contributed by atoms with Gasteiger partial charge in [-0.2, -0.15) is 0 Å². The molecule has 0 saturated heterocycles. The van der Waals surface area contributed by atoms with Gasteiger partial charge in [0.15, 0.2) is 0 Å². The molecule has 15 nitrogen and oxygen atoms in total. The van der Waals surface area contributed by atoms with Crippen molar-refractivity contribution in [2.75, 3.05) is 165 Å². The van der Waals surface area contributed by atoms with Gasteiger partial charge in [0.05, 0.1) is 128 Å². The van der Waals surface area contributed by atoms with Crippen LogP contribution in [0, 0.1) is 99.6 Å². The molecule has 0 N–H and O–H groups in total. The molecular formula is C88H162N5O10+5. The molecule has 15 heteroatoms. The zero-order chi connectivity index (χ0) is 74.6. The topological polar surface area (TPSA) is 132 Å². The molecule has 0 spiro atoms. The SMILES string of the molecule is CCCC[N+](CC)(CCC)CCOC(=O)C1CC2CCC1C2.CCC[N+](CC)(CCC)CCOC(=O)C1CC2CCC1C2.CC[N+](CC)(CC)CCOC(=O)C12CC3CC(CC(C3)C1)C2.CC[N+](CC)(CC)CCOC(=O)C1CC2CCC1C2.C[N+](C)(C)CCOC(=O)C12CC3CC(CC(C3)C1)C2. The summed E-state index contributed by atoms with van der Waals surface area (Å²) < 4.78 is 33.7. The number of nitrogens with zero attached hydrogens (tertiary/aromatic N) is 5. The number of carbonyl (C=O) groups is 5. The highest BCUT2D eigenvalue weighted by Gasteiger charge is 2.57. The van der Waals surface area contributed by atoms with Crippen molar-refractivity contribution in [1.29, 1.82) is 0 Å². The normalized spacial score (nSPS) is 32.8. The Labute approximate surface area is 631 Å². The molecular weight excluding hydrogens is 1290 g/mol. The second-order valence-corrected chi connectivity index (χ2v) is 38.1. The molecule has 0 heterocycles. The molecule has 14 saturated carbocycles. The van der Waals surface area contributed by atoms with Crippen molar-refractivity contribution in [3.05, 3.63) is 0 Å². The molecule has 14 fully saturated rings. The molecule has 14 rings (SSSR count). The summed E-state index contributed by atoms with van der Waals surface area (Å²) in [6.07, 6.45) is 36.0. The molecule has 10 unspecified atom stereocenters. The number of quaternary nitrogens is 5. The number of carbonyl (C=O) groups excluding carboxylic acids is 5. The van der Waals surface area contributed by atoms with E-state index in [0.29, 0.717) is 50.8 Å². The Morgan fingerprint density at radius 3 is 0.777 bits per heavy atom. The maximum Gasteiger partial charge on any atom is 0.312 e. The van der Waals surface area contributed by atoms with Crippen molar-refractivity contribution >= 4 is 29.8 Å². The van der Waals surface area contributed by atoms with E-state index in [9.17, 15) is 24.0 Å². The summed E-state index contributed by atoms with van der Waals surface area (Å²) in [5.74, 6) is 10.5. The zero-order valence-corrected chi connectivity index (χ0v) is 69.5. The highest BCUT2D eigenvalue weighted by atomic mass is 16.6. The van der Waals surface area contributed by atoms with Gasteiger partial charge in [0.1, 0.15) is 65.8 Å². The number of esters is 5. The van der Waals surface area contributed by atoms with E-state index in [2.05, 4.69) is 104 Å². The van der Waals surface area contributed by atoms with Gasteiger partial charge < -0.3 is 46.1 Å². The summed E-state index contributed by atoms with van der Waals surface area (Å²) in [5, 5.41) is 0. The van der Waals surface area contributed by atoms with Gasteiger partial charge in [0, 0.05) is 0 Å². The van der Waals surface area contributed by atoms with Gasteiger partial charge in [-0.15, -0.1) is 0 Å². The van der Waals surface area contributed by atoms with Crippen LogP contribution < -0.4 is 0 Å². The second kappa shape index (κ2) is 39.7. The predicted molar refractivity (Wildman–Crippen MR) is 416 cm³/mol. The second-order valence-electron chi connectivity index (χ2n) is 38.1. The summed E-state index contributed by atoms with van der Waals surface area (Å²) in [5.41, 5.74) is -0.172. The van der Waals surface area contributed by atoms with Gasteiger partial charge in [-0.3, -0.25) is 24.0 Å². The van der Waals surface area contributed by atoms with Crippen LogP contribution >= 0.6 is 0 Å². The van der Waals surface area contributed by atoms with Crippen molar-refractivity contribution in [2.24, 2.45) is 99.6 Å². The summed E-state index contributed by atoms with van der Waals surface area (Å²) in [7, 11) is 6.41. The first kappa shape index (κ1) is 85.8. The number of rotatable bonds is 37. The molecule has 10 atom stereocenters. The van der Waals surface area contributed by atoms with Crippen LogP contribution in [0.1, 0.15) is 269 Å². The first-order chi connectivity index (χ1) is 49.3. The summed E-state index contributed by atoms with van der Waals surface area (Å²) in [6.45, 7) is 48.7. The Kier molecular flexibility index (Phi) is 33.0. The van der Waals surface area contributed by atoms with Gasteiger partial charge in [-0.05, 0) is 287 Å². The Hall–Kier alpha value is -2.85. The first-order valence-electron chi connectivity index (χ1n) is 44.4. The van der Waals surface area contributed by atoms with Crippen molar-refractivity contribution in [1.82, 2.24) is 0 Å². The smallest absolute Gasteiger partial charge is 0.312 e. The van der Waals surface area contributed by atoms with Crippen LogP contribution in [0.3, 0.4) is 0 Å². The number of hydrogen-bond donors (Lipinski definition) is 0. The molecule has 14 bridgehead atoms. The van der Waals surface area contributed by atoms with Crippen LogP contribution in [0.4, 0.5) is 0 Å². The van der Waals surface area contributed by atoms with Gasteiger partial charge in [0.2, 0.25) is 0 Å². The molecule has 14 aliphatic rings. The number of ether oxygens (including phenoxy) is 5. The molecule has 0 aliphatic heterocycles. The zero-order valence-electron chi connectivity index (χ0n) is 69.5. The quantitative estimate of drug-likeness (QED) is 0.0336. The summed E-state index contributed by atoms with van der Waals surface area (Å²) in [4.78, 5) is 62.2. The van der Waals surface area contributed by atoms with Crippen molar-refractivity contribution in [3.63, 3.8) is 0 Å². The maximum absolute atomic E-state index is 12.8. The fourth-order valence-corrected chi connectivity index (χ4v) is 24.5. The third-order valence-electron chi connectivity index (χ3n) is 30.7. The van der Waals surface area contributed by atoms with E-state index in [0.717, 1.165) is 219 Å². The van der Waals surface area contributed by atoms with E-state index >= 15 is 0 Å². The molecule has 0 aromatic rings. The Balaban J connectivity index is 0.000000163. The lowest BCUT2D eigenvalue weighted by Crippen LogP contribution is -2.52. The van der Waals surface area contributed by atoms with Crippen LogP contribution in [-0.2, 0) is 47.7 Å². The van der Waals surface area contributed by atoms with Crippen LogP contribution in [0.25, 0.3) is 0 Å². The van der Waals surface area contributed by atoms with Crippen molar-refractivity contribution < 1.29 is 70.1 Å². The fraction of sp³-hybridized carbons (Fsp3) is 0.943. The highest BCUT2D eigenvalue weighted by Crippen LogP contribution is 2.62. The number of unbranched alkanes of at least 4 members (excludes halogenated alkanes) is 1. The van der Waals surface area contributed by atoms with Gasteiger partial charge in [-0.1, -0.05) is 53.4 Å². The van der Waals surface area contributed by atoms with E-state index < -0.39 is 0 Å². The summed E-state index contributed by atoms with van der Waals surface area (Å²) >= 11 is 0. The number of fused-ring (bicyclic) bond motifs is 6.